The zero-order valence-corrected chi connectivity index (χ0v) is 18.2. The standard InChI is InChI=1S/C23H18FN3O5S/c1-14-11-27-21(29)10-18(26-23(27)33-14)12-32-22(30)15-3-2-4-17(9-15)25-20(28)13-31-19-7-5-16(24)6-8-19/h2-11H,12-13H2,1H3,(H,25,28). The molecule has 0 atom stereocenters. The van der Waals surface area contributed by atoms with Crippen LogP contribution < -0.4 is 15.6 Å². The van der Waals surface area contributed by atoms with Crippen molar-refractivity contribution >= 4 is 33.9 Å². The molecule has 10 heteroatoms. The lowest BCUT2D eigenvalue weighted by Crippen LogP contribution is -2.20. The fourth-order valence-electron chi connectivity index (χ4n) is 2.96. The zero-order chi connectivity index (χ0) is 23.4. The van der Waals surface area contributed by atoms with Crippen molar-refractivity contribution in [2.24, 2.45) is 0 Å². The van der Waals surface area contributed by atoms with Gasteiger partial charge in [-0.05, 0) is 49.4 Å². The number of thiazole rings is 1. The van der Waals surface area contributed by atoms with E-state index in [0.29, 0.717) is 22.1 Å². The predicted octanol–water partition coefficient (Wildman–Crippen LogP) is 3.58. The van der Waals surface area contributed by atoms with Gasteiger partial charge in [-0.3, -0.25) is 14.0 Å². The summed E-state index contributed by atoms with van der Waals surface area (Å²) in [5.74, 6) is -1.12. The molecule has 2 aromatic heterocycles. The van der Waals surface area contributed by atoms with Crippen molar-refractivity contribution in [3.8, 4) is 5.75 Å². The molecule has 0 aliphatic rings. The number of nitrogens with one attached hydrogen (secondary N) is 1. The van der Waals surface area contributed by atoms with Crippen LogP contribution in [0.3, 0.4) is 0 Å². The number of amides is 1. The fourth-order valence-corrected chi connectivity index (χ4v) is 3.81. The molecule has 0 unspecified atom stereocenters. The maximum atomic E-state index is 12.9. The zero-order valence-electron chi connectivity index (χ0n) is 17.4. The quantitative estimate of drug-likeness (QED) is 0.417. The minimum Gasteiger partial charge on any atom is -0.484 e. The van der Waals surface area contributed by atoms with Crippen LogP contribution in [0.1, 0.15) is 20.9 Å². The average Bonchev–Trinajstić information content (AvgIpc) is 3.18. The Balaban J connectivity index is 1.34. The number of carbonyl (C=O) groups excluding carboxylic acids is 2. The summed E-state index contributed by atoms with van der Waals surface area (Å²) in [4.78, 5) is 42.5. The summed E-state index contributed by atoms with van der Waals surface area (Å²) < 4.78 is 24.9. The molecule has 0 saturated heterocycles. The number of hydrogen-bond donors (Lipinski definition) is 1. The number of ether oxygens (including phenoxy) is 2. The van der Waals surface area contributed by atoms with E-state index in [2.05, 4.69) is 10.3 Å². The van der Waals surface area contributed by atoms with Crippen molar-refractivity contribution < 1.29 is 23.5 Å². The Morgan fingerprint density at radius 1 is 1.15 bits per heavy atom. The molecule has 4 aromatic rings. The van der Waals surface area contributed by atoms with Gasteiger partial charge in [0.2, 0.25) is 0 Å². The highest BCUT2D eigenvalue weighted by Gasteiger charge is 2.12. The summed E-state index contributed by atoms with van der Waals surface area (Å²) in [6, 6.07) is 12.8. The smallest absolute Gasteiger partial charge is 0.338 e. The second-order valence-corrected chi connectivity index (χ2v) is 8.24. The van der Waals surface area contributed by atoms with Crippen molar-refractivity contribution in [2.45, 2.75) is 13.5 Å². The third-order valence-electron chi connectivity index (χ3n) is 4.45. The van der Waals surface area contributed by atoms with Crippen molar-refractivity contribution in [2.75, 3.05) is 11.9 Å². The number of nitrogens with zero attached hydrogens (tertiary/aromatic N) is 2. The third kappa shape index (κ3) is 5.60. The SMILES string of the molecule is Cc1cn2c(=O)cc(COC(=O)c3cccc(NC(=O)COc4ccc(F)cc4)c3)nc2s1. The molecule has 0 bridgehead atoms. The molecule has 0 aliphatic carbocycles. The van der Waals surface area contributed by atoms with E-state index >= 15 is 0 Å². The van der Waals surface area contributed by atoms with Crippen molar-refractivity contribution in [3.05, 3.63) is 93.1 Å². The molecule has 4 rings (SSSR count). The van der Waals surface area contributed by atoms with Crippen LogP contribution in [0, 0.1) is 12.7 Å². The molecule has 168 valence electrons. The largest absolute Gasteiger partial charge is 0.484 e. The Bertz CT molecular complexity index is 1380. The molecule has 0 fully saturated rings. The number of carbonyl (C=O) groups is 2. The van der Waals surface area contributed by atoms with Gasteiger partial charge in [0.25, 0.3) is 11.5 Å². The van der Waals surface area contributed by atoms with Crippen LogP contribution in [0.15, 0.2) is 65.6 Å². The normalized spacial score (nSPS) is 10.7. The van der Waals surface area contributed by atoms with Crippen LogP contribution in [0.4, 0.5) is 10.1 Å². The Hall–Kier alpha value is -4.05. The molecule has 0 aliphatic heterocycles. The van der Waals surface area contributed by atoms with Crippen LogP contribution in [0.5, 0.6) is 5.75 Å². The Morgan fingerprint density at radius 3 is 2.73 bits per heavy atom. The summed E-state index contributed by atoms with van der Waals surface area (Å²) in [6.45, 7) is 1.43. The first-order valence-electron chi connectivity index (χ1n) is 9.81. The predicted molar refractivity (Wildman–Crippen MR) is 120 cm³/mol. The Kier molecular flexibility index (Phi) is 6.45. The van der Waals surface area contributed by atoms with Gasteiger partial charge in [-0.1, -0.05) is 6.07 Å². The highest BCUT2D eigenvalue weighted by Crippen LogP contribution is 2.16. The number of halogens is 1. The average molecular weight is 467 g/mol. The van der Waals surface area contributed by atoms with E-state index in [4.69, 9.17) is 9.47 Å². The van der Waals surface area contributed by atoms with Crippen molar-refractivity contribution in [1.29, 1.82) is 0 Å². The molecule has 8 nitrogen and oxygen atoms in total. The molecule has 1 N–H and O–H groups in total. The van der Waals surface area contributed by atoms with Gasteiger partial charge in [-0.15, -0.1) is 11.3 Å². The van der Waals surface area contributed by atoms with Gasteiger partial charge in [0.05, 0.1) is 11.3 Å². The van der Waals surface area contributed by atoms with Gasteiger partial charge >= 0.3 is 5.97 Å². The van der Waals surface area contributed by atoms with Gasteiger partial charge in [0.15, 0.2) is 11.6 Å². The lowest BCUT2D eigenvalue weighted by molar-refractivity contribution is -0.118. The number of esters is 1. The maximum absolute atomic E-state index is 12.9. The number of aryl methyl sites for hydroxylation is 1. The first-order chi connectivity index (χ1) is 15.9. The van der Waals surface area contributed by atoms with E-state index in [9.17, 15) is 18.8 Å². The molecule has 1 amide bonds. The minimum atomic E-state index is -0.627. The minimum absolute atomic E-state index is 0.163. The van der Waals surface area contributed by atoms with E-state index in [1.807, 2.05) is 6.92 Å². The number of fused-ring (bicyclic) bond motifs is 1. The summed E-state index contributed by atoms with van der Waals surface area (Å²) in [6.07, 6.45) is 1.70. The Morgan fingerprint density at radius 2 is 1.94 bits per heavy atom. The van der Waals surface area contributed by atoms with Crippen LogP contribution in [-0.2, 0) is 16.1 Å². The van der Waals surface area contributed by atoms with Gasteiger partial charge in [0, 0.05) is 22.8 Å². The molecule has 2 aromatic carbocycles. The van der Waals surface area contributed by atoms with E-state index < -0.39 is 17.7 Å². The Labute approximate surface area is 191 Å². The first-order valence-corrected chi connectivity index (χ1v) is 10.6. The second kappa shape index (κ2) is 9.61. The van der Waals surface area contributed by atoms with Gasteiger partial charge in [-0.2, -0.15) is 0 Å². The number of benzene rings is 2. The lowest BCUT2D eigenvalue weighted by Gasteiger charge is -2.09. The van der Waals surface area contributed by atoms with Crippen LogP contribution >= 0.6 is 11.3 Å². The summed E-state index contributed by atoms with van der Waals surface area (Å²) in [7, 11) is 0. The fraction of sp³-hybridized carbons (Fsp3) is 0.130. The third-order valence-corrected chi connectivity index (χ3v) is 5.35. The van der Waals surface area contributed by atoms with E-state index in [-0.39, 0.29) is 24.3 Å². The van der Waals surface area contributed by atoms with Gasteiger partial charge < -0.3 is 14.8 Å². The highest BCUT2D eigenvalue weighted by atomic mass is 32.1. The van der Waals surface area contributed by atoms with Gasteiger partial charge in [0.1, 0.15) is 18.2 Å². The topological polar surface area (TPSA) is 99.0 Å². The lowest BCUT2D eigenvalue weighted by atomic mass is 10.2. The molecule has 33 heavy (non-hydrogen) atoms. The summed E-state index contributed by atoms with van der Waals surface area (Å²) in [5, 5.41) is 2.62. The molecule has 0 radical (unpaired) electrons. The van der Waals surface area contributed by atoms with E-state index in [0.717, 1.165) is 4.88 Å². The highest BCUT2D eigenvalue weighted by molar-refractivity contribution is 7.16. The van der Waals surface area contributed by atoms with Crippen LogP contribution in [0.2, 0.25) is 0 Å². The van der Waals surface area contributed by atoms with Crippen molar-refractivity contribution in [3.63, 3.8) is 0 Å². The number of anilines is 1. The van der Waals surface area contributed by atoms with E-state index in [1.165, 1.54) is 52.1 Å². The molecular formula is C23H18FN3O5S. The molecule has 2 heterocycles. The van der Waals surface area contributed by atoms with Crippen molar-refractivity contribution in [1.82, 2.24) is 9.38 Å². The molecule has 0 saturated carbocycles. The van der Waals surface area contributed by atoms with Crippen LogP contribution in [-0.4, -0.2) is 27.9 Å². The van der Waals surface area contributed by atoms with Gasteiger partial charge in [-0.25, -0.2) is 14.2 Å². The number of hydrogen-bond acceptors (Lipinski definition) is 7. The molecular weight excluding hydrogens is 449 g/mol. The second-order valence-electron chi connectivity index (χ2n) is 7.03. The monoisotopic (exact) mass is 467 g/mol. The van der Waals surface area contributed by atoms with Crippen LogP contribution in [0.25, 0.3) is 4.96 Å². The van der Waals surface area contributed by atoms with E-state index in [1.54, 1.807) is 24.4 Å². The first kappa shape index (κ1) is 22.2. The number of rotatable bonds is 7. The molecule has 0 spiro atoms. The maximum Gasteiger partial charge on any atom is 0.338 e. The number of aromatic nitrogens is 2. The summed E-state index contributed by atoms with van der Waals surface area (Å²) in [5.41, 5.74) is 0.696. The summed E-state index contributed by atoms with van der Waals surface area (Å²) >= 11 is 1.37.